The zero-order valence-corrected chi connectivity index (χ0v) is 31.5. The minimum Gasteiger partial charge on any atom is -0.392 e. The summed E-state index contributed by atoms with van der Waals surface area (Å²) in [6.07, 6.45) is 9.74. The van der Waals surface area contributed by atoms with Gasteiger partial charge in [-0.3, -0.25) is 9.59 Å². The summed E-state index contributed by atoms with van der Waals surface area (Å²) in [7, 11) is 0. The number of ether oxygens (including phenoxy) is 1. The van der Waals surface area contributed by atoms with Crippen molar-refractivity contribution >= 4 is 28.2 Å². The number of aliphatic hydroxyl groups excluding tert-OH is 2. The van der Waals surface area contributed by atoms with Crippen LogP contribution in [-0.2, 0) is 21.4 Å². The van der Waals surface area contributed by atoms with E-state index in [1.54, 1.807) is 6.08 Å². The average Bonchev–Trinajstić information content (AvgIpc) is 3.69. The number of rotatable bonds is 5. The molecule has 7 nitrogen and oxygen atoms in total. The third kappa shape index (κ3) is 4.09. The summed E-state index contributed by atoms with van der Waals surface area (Å²) in [5, 5.41) is 27.9. The minimum absolute atomic E-state index is 0.0305. The lowest BCUT2D eigenvalue weighted by Crippen LogP contribution is -2.62. The van der Waals surface area contributed by atoms with E-state index in [0.717, 1.165) is 65.3 Å². The number of carbonyl (C=O) groups is 2. The van der Waals surface area contributed by atoms with Crippen molar-refractivity contribution in [3.63, 3.8) is 0 Å². The molecule has 7 heteroatoms. The van der Waals surface area contributed by atoms with Crippen molar-refractivity contribution in [3.05, 3.63) is 64.4 Å². The van der Waals surface area contributed by atoms with E-state index < -0.39 is 34.9 Å². The molecule has 0 bridgehead atoms. The molecule has 0 unspecified atom stereocenters. The molecule has 2 aromatic rings. The molecule has 2 fully saturated rings. The molecule has 3 heterocycles. The lowest BCUT2D eigenvalue weighted by Gasteiger charge is -2.64. The maximum Gasteiger partial charge on any atom is 0.243 e. The van der Waals surface area contributed by atoms with Gasteiger partial charge >= 0.3 is 0 Å². The van der Waals surface area contributed by atoms with Crippen molar-refractivity contribution in [1.82, 2.24) is 9.88 Å². The van der Waals surface area contributed by atoms with E-state index in [2.05, 4.69) is 77.1 Å². The Labute approximate surface area is 297 Å². The van der Waals surface area contributed by atoms with Crippen LogP contribution in [0.4, 0.5) is 0 Å². The van der Waals surface area contributed by atoms with Crippen molar-refractivity contribution in [2.24, 2.45) is 28.6 Å². The number of nitrogens with one attached hydrogen (secondary N) is 1. The smallest absolute Gasteiger partial charge is 0.243 e. The first-order chi connectivity index (χ1) is 23.3. The number of hydrogen-bond donors (Lipinski definition) is 3. The quantitative estimate of drug-likeness (QED) is 0.222. The molecule has 1 amide bonds. The minimum atomic E-state index is -0.852. The van der Waals surface area contributed by atoms with Crippen LogP contribution in [0.15, 0.2) is 36.4 Å². The van der Waals surface area contributed by atoms with Crippen LogP contribution in [0.1, 0.15) is 139 Å². The highest BCUT2D eigenvalue weighted by Gasteiger charge is 2.68. The van der Waals surface area contributed by atoms with Crippen LogP contribution in [0.2, 0.25) is 0 Å². The number of fused-ring (bicyclic) bond motifs is 11. The first kappa shape index (κ1) is 34.1. The predicted molar refractivity (Wildman–Crippen MR) is 197 cm³/mol. The molecule has 1 aromatic heterocycles. The fourth-order valence-electron chi connectivity index (χ4n) is 12.7. The van der Waals surface area contributed by atoms with Crippen LogP contribution in [0, 0.1) is 28.6 Å². The Morgan fingerprint density at radius 3 is 2.52 bits per heavy atom. The van der Waals surface area contributed by atoms with E-state index in [0.29, 0.717) is 24.4 Å². The molecule has 50 heavy (non-hydrogen) atoms. The third-order valence-electron chi connectivity index (χ3n) is 14.8. The van der Waals surface area contributed by atoms with Gasteiger partial charge in [0.05, 0.1) is 34.5 Å². The zero-order chi connectivity index (χ0) is 36.1. The molecule has 9 atom stereocenters. The number of aliphatic hydroxyl groups is 2. The van der Waals surface area contributed by atoms with Gasteiger partial charge in [0.1, 0.15) is 6.04 Å². The summed E-state index contributed by atoms with van der Waals surface area (Å²) in [6.45, 7) is 24.3. The summed E-state index contributed by atoms with van der Waals surface area (Å²) < 4.78 is 8.88. The Bertz CT molecular complexity index is 1940. The number of amides is 1. The van der Waals surface area contributed by atoms with E-state index >= 15 is 0 Å². The molecule has 0 radical (unpaired) electrons. The number of benzene rings is 1. The van der Waals surface area contributed by atoms with Gasteiger partial charge in [-0.1, -0.05) is 45.9 Å². The number of allylic oxidation sites excluding steroid dienone is 1. The van der Waals surface area contributed by atoms with E-state index in [9.17, 15) is 19.8 Å². The van der Waals surface area contributed by atoms with E-state index in [-0.39, 0.29) is 34.4 Å². The third-order valence-corrected chi connectivity index (χ3v) is 14.8. The Morgan fingerprint density at radius 2 is 1.84 bits per heavy atom. The van der Waals surface area contributed by atoms with Crippen LogP contribution in [0.25, 0.3) is 16.5 Å². The van der Waals surface area contributed by atoms with Crippen molar-refractivity contribution in [2.45, 2.75) is 136 Å². The average molecular weight is 681 g/mol. The molecule has 3 N–H and O–H groups in total. The topological polar surface area (TPSA) is 101 Å². The maximum atomic E-state index is 14.9. The largest absolute Gasteiger partial charge is 0.392 e. The number of Topliss-reactive ketones (excluding diaryl/α,β-unsaturated/α-hetero) is 1. The standard InChI is InChI=1S/C43H56N2O5/c1-11-18-44-30(47)15-16-41(8)28-13-12-23-19-26-25-20-24-27-21-39(4,5)50-40(6,7)33(27)36(48)31(24)32-35(25)45(34(22(2)3)37(32)49)38(26)43(23,10)42(28,9)17-14-29(41)46/h15-16,20-21,23,28-29,33-34,36,46,48H,2,11-14,17-19H2,1,3-10H3,(H,44,47)/b16-15+/t23-,28-,29-,33+,34-,36+,41-,42-,43+/m0/s1. The Hall–Kier alpha value is -3.00. The Balaban J connectivity index is 1.34. The van der Waals surface area contributed by atoms with Gasteiger partial charge in [0.25, 0.3) is 0 Å². The molecule has 8 rings (SSSR count). The van der Waals surface area contributed by atoms with Gasteiger partial charge in [-0.25, -0.2) is 0 Å². The van der Waals surface area contributed by atoms with Gasteiger partial charge in [0, 0.05) is 39.9 Å². The summed E-state index contributed by atoms with van der Waals surface area (Å²) in [5.41, 5.74) is 5.66. The SMILES string of the molecule is C=C(C)[C@H]1C(=O)c2c3c(cc4c5c(n1c24)[C@@]1(C)[C@@H](CC[C@H]2[C@](C)(/C=C/C(=O)NCCC)[C@@H](O)CC[C@@]21C)C5)C1=CC(C)(C)OC(C)(C)[C@H]1[C@@H]3O. The second-order valence-electron chi connectivity index (χ2n) is 18.4. The molecule has 6 aliphatic rings. The first-order valence-corrected chi connectivity index (χ1v) is 19.0. The molecule has 1 aromatic carbocycles. The number of carbonyl (C=O) groups excluding carboxylic acids is 2. The fourth-order valence-corrected chi connectivity index (χ4v) is 12.7. The van der Waals surface area contributed by atoms with Crippen LogP contribution in [-0.4, -0.2) is 50.3 Å². The molecule has 268 valence electrons. The zero-order valence-electron chi connectivity index (χ0n) is 31.5. The lowest BCUT2D eigenvalue weighted by atomic mass is 9.40. The second-order valence-corrected chi connectivity index (χ2v) is 18.4. The van der Waals surface area contributed by atoms with Gasteiger partial charge in [0.15, 0.2) is 5.78 Å². The van der Waals surface area contributed by atoms with Crippen molar-refractivity contribution in [2.75, 3.05) is 6.54 Å². The van der Waals surface area contributed by atoms with Gasteiger partial charge in [0.2, 0.25) is 5.91 Å². The highest BCUT2D eigenvalue weighted by Crippen LogP contribution is 2.71. The van der Waals surface area contributed by atoms with Gasteiger partial charge < -0.3 is 24.8 Å². The molecule has 0 spiro atoms. The van der Waals surface area contributed by atoms with Gasteiger partial charge in [-0.15, -0.1) is 0 Å². The molecular formula is C43H56N2O5. The molecule has 2 aliphatic heterocycles. The molecular weight excluding hydrogens is 624 g/mol. The fraction of sp³-hybridized carbons (Fsp3) is 0.628. The first-order valence-electron chi connectivity index (χ1n) is 19.0. The highest BCUT2D eigenvalue weighted by molar-refractivity contribution is 6.18. The maximum absolute atomic E-state index is 14.9. The summed E-state index contributed by atoms with van der Waals surface area (Å²) in [6, 6.07) is 1.77. The van der Waals surface area contributed by atoms with Crippen molar-refractivity contribution in [1.29, 1.82) is 0 Å². The van der Waals surface area contributed by atoms with Crippen molar-refractivity contribution in [3.8, 4) is 0 Å². The van der Waals surface area contributed by atoms with E-state index in [1.807, 2.05) is 19.9 Å². The summed E-state index contributed by atoms with van der Waals surface area (Å²) in [4.78, 5) is 27.6. The van der Waals surface area contributed by atoms with Gasteiger partial charge in [-0.2, -0.15) is 0 Å². The summed E-state index contributed by atoms with van der Waals surface area (Å²) in [5.74, 6) is 0.171. The Morgan fingerprint density at radius 1 is 1.12 bits per heavy atom. The molecule has 4 aliphatic carbocycles. The van der Waals surface area contributed by atoms with E-state index in [4.69, 9.17) is 4.74 Å². The normalized spacial score (nSPS) is 38.8. The predicted octanol–water partition coefficient (Wildman–Crippen LogP) is 7.68. The molecule has 2 saturated carbocycles. The van der Waals surface area contributed by atoms with Crippen molar-refractivity contribution < 1.29 is 24.5 Å². The van der Waals surface area contributed by atoms with Gasteiger partial charge in [-0.05, 0) is 125 Å². The van der Waals surface area contributed by atoms with Crippen LogP contribution >= 0.6 is 0 Å². The number of hydrogen-bond acceptors (Lipinski definition) is 5. The summed E-state index contributed by atoms with van der Waals surface area (Å²) >= 11 is 0. The van der Waals surface area contributed by atoms with E-state index in [1.165, 1.54) is 11.3 Å². The molecule has 0 saturated heterocycles. The number of ketones is 1. The number of nitrogens with zero attached hydrogens (tertiary/aromatic N) is 1. The van der Waals surface area contributed by atoms with Crippen LogP contribution < -0.4 is 5.32 Å². The second kappa shape index (κ2) is 10.5. The van der Waals surface area contributed by atoms with Crippen LogP contribution in [0.3, 0.4) is 0 Å². The highest BCUT2D eigenvalue weighted by atomic mass is 16.5. The lowest BCUT2D eigenvalue weighted by molar-refractivity contribution is -0.145. The monoisotopic (exact) mass is 680 g/mol. The number of aromatic nitrogens is 1. The van der Waals surface area contributed by atoms with Crippen LogP contribution in [0.5, 0.6) is 0 Å². The Kier molecular flexibility index (Phi) is 7.19.